The average molecular weight is 307 g/mol. The minimum Gasteiger partial charge on any atom is -0.384 e. The first-order valence-corrected chi connectivity index (χ1v) is 8.49. The van der Waals surface area contributed by atoms with E-state index in [1.54, 1.807) is 25.1 Å². The van der Waals surface area contributed by atoms with Crippen molar-refractivity contribution in [2.75, 3.05) is 6.61 Å². The highest BCUT2D eigenvalue weighted by atomic mass is 32.2. The highest BCUT2D eigenvalue weighted by Gasteiger charge is 2.40. The summed E-state index contributed by atoms with van der Waals surface area (Å²) in [7, 11) is -3.58. The van der Waals surface area contributed by atoms with E-state index >= 15 is 0 Å². The van der Waals surface area contributed by atoms with Gasteiger partial charge in [0.05, 0.1) is 4.90 Å². The SMILES string of the molecule is Cc1ccc(C#CCO)cc1S(=O)(=O)NC(C)(C)C1CC1. The summed E-state index contributed by atoms with van der Waals surface area (Å²) in [4.78, 5) is 0.251. The van der Waals surface area contributed by atoms with E-state index in [0.717, 1.165) is 12.8 Å². The molecule has 4 nitrogen and oxygen atoms in total. The highest BCUT2D eigenvalue weighted by Crippen LogP contribution is 2.40. The van der Waals surface area contributed by atoms with Gasteiger partial charge in [0.25, 0.3) is 0 Å². The van der Waals surface area contributed by atoms with Gasteiger partial charge in [0, 0.05) is 11.1 Å². The first kappa shape index (κ1) is 16.0. The van der Waals surface area contributed by atoms with Gasteiger partial charge < -0.3 is 5.11 Å². The first-order valence-electron chi connectivity index (χ1n) is 7.00. The van der Waals surface area contributed by atoms with Gasteiger partial charge in [0.2, 0.25) is 10.0 Å². The fraction of sp³-hybridized carbons (Fsp3) is 0.500. The molecule has 1 saturated carbocycles. The smallest absolute Gasteiger partial charge is 0.241 e. The van der Waals surface area contributed by atoms with Crippen molar-refractivity contribution in [2.45, 2.75) is 44.0 Å². The summed E-state index contributed by atoms with van der Waals surface area (Å²) in [6.07, 6.45) is 2.13. The monoisotopic (exact) mass is 307 g/mol. The number of aliphatic hydroxyl groups excluding tert-OH is 1. The molecule has 1 aromatic carbocycles. The quantitative estimate of drug-likeness (QED) is 0.834. The third kappa shape index (κ3) is 3.85. The van der Waals surface area contributed by atoms with E-state index in [2.05, 4.69) is 16.6 Å². The number of aliphatic hydroxyl groups is 1. The molecule has 0 spiro atoms. The van der Waals surface area contributed by atoms with Crippen LogP contribution in [0.2, 0.25) is 0 Å². The Balaban J connectivity index is 2.34. The number of nitrogens with one attached hydrogen (secondary N) is 1. The van der Waals surface area contributed by atoms with Crippen LogP contribution < -0.4 is 4.72 Å². The van der Waals surface area contributed by atoms with Crippen molar-refractivity contribution in [3.63, 3.8) is 0 Å². The number of aryl methyl sites for hydroxylation is 1. The molecule has 2 N–H and O–H groups in total. The molecular weight excluding hydrogens is 286 g/mol. The van der Waals surface area contributed by atoms with Gasteiger partial charge in [0.1, 0.15) is 6.61 Å². The normalized spacial score (nSPS) is 15.4. The lowest BCUT2D eigenvalue weighted by Gasteiger charge is -2.26. The van der Waals surface area contributed by atoms with Crippen LogP contribution in [0.4, 0.5) is 0 Å². The van der Waals surface area contributed by atoms with Crippen LogP contribution in [0.1, 0.15) is 37.8 Å². The lowest BCUT2D eigenvalue weighted by Crippen LogP contribution is -2.45. The van der Waals surface area contributed by atoms with E-state index < -0.39 is 15.6 Å². The Morgan fingerprint density at radius 1 is 1.38 bits per heavy atom. The average Bonchev–Trinajstić information content (AvgIpc) is 3.21. The van der Waals surface area contributed by atoms with E-state index in [1.807, 2.05) is 13.8 Å². The summed E-state index contributed by atoms with van der Waals surface area (Å²) >= 11 is 0. The van der Waals surface area contributed by atoms with Crippen molar-refractivity contribution >= 4 is 10.0 Å². The second kappa shape index (κ2) is 5.80. The van der Waals surface area contributed by atoms with Gasteiger partial charge in [-0.1, -0.05) is 17.9 Å². The molecule has 0 radical (unpaired) electrons. The zero-order chi connectivity index (χ0) is 15.7. The summed E-state index contributed by atoms with van der Waals surface area (Å²) in [5.74, 6) is 5.68. The summed E-state index contributed by atoms with van der Waals surface area (Å²) in [6.45, 7) is 5.37. The highest BCUT2D eigenvalue weighted by molar-refractivity contribution is 7.89. The molecule has 0 amide bonds. The minimum atomic E-state index is -3.58. The lowest BCUT2D eigenvalue weighted by molar-refractivity contribution is 0.350. The molecule has 0 atom stereocenters. The molecule has 0 saturated heterocycles. The van der Waals surface area contributed by atoms with Gasteiger partial charge in [-0.2, -0.15) is 0 Å². The van der Waals surface area contributed by atoms with Crippen LogP contribution in [0.3, 0.4) is 0 Å². The van der Waals surface area contributed by atoms with Crippen molar-refractivity contribution < 1.29 is 13.5 Å². The maximum absolute atomic E-state index is 12.6. The molecule has 1 aliphatic carbocycles. The van der Waals surface area contributed by atoms with Crippen LogP contribution in [-0.4, -0.2) is 25.7 Å². The Bertz CT molecular complexity index is 692. The number of benzene rings is 1. The van der Waals surface area contributed by atoms with Crippen molar-refractivity contribution in [1.82, 2.24) is 4.72 Å². The summed E-state index contributed by atoms with van der Waals surface area (Å²) < 4.78 is 28.0. The third-order valence-electron chi connectivity index (χ3n) is 3.78. The zero-order valence-electron chi connectivity index (χ0n) is 12.6. The van der Waals surface area contributed by atoms with Gasteiger partial charge in [-0.15, -0.1) is 0 Å². The van der Waals surface area contributed by atoms with Crippen LogP contribution in [0, 0.1) is 24.7 Å². The molecule has 0 heterocycles. The molecule has 1 aromatic rings. The molecule has 1 fully saturated rings. The van der Waals surface area contributed by atoms with E-state index in [0.29, 0.717) is 17.0 Å². The van der Waals surface area contributed by atoms with Gasteiger partial charge in [-0.3, -0.25) is 0 Å². The summed E-state index contributed by atoms with van der Waals surface area (Å²) in [5, 5.41) is 8.73. The predicted octanol–water partition coefficient (Wildman–Crippen LogP) is 1.81. The molecule has 0 bridgehead atoms. The Hall–Kier alpha value is -1.35. The molecule has 0 aromatic heterocycles. The number of hydrogen-bond donors (Lipinski definition) is 2. The second-order valence-corrected chi connectivity index (χ2v) is 7.69. The fourth-order valence-electron chi connectivity index (χ4n) is 2.40. The molecule has 1 aliphatic rings. The number of hydrogen-bond acceptors (Lipinski definition) is 3. The Kier molecular flexibility index (Phi) is 4.43. The van der Waals surface area contributed by atoms with Gasteiger partial charge in [-0.05, 0) is 57.2 Å². The Labute approximate surface area is 126 Å². The topological polar surface area (TPSA) is 66.4 Å². The maximum Gasteiger partial charge on any atom is 0.241 e. The van der Waals surface area contributed by atoms with Crippen LogP contribution in [0.15, 0.2) is 23.1 Å². The lowest BCUT2D eigenvalue weighted by atomic mass is 10.0. The van der Waals surface area contributed by atoms with Crippen molar-refractivity contribution in [1.29, 1.82) is 0 Å². The van der Waals surface area contributed by atoms with Gasteiger partial charge in [0.15, 0.2) is 0 Å². The largest absolute Gasteiger partial charge is 0.384 e. The van der Waals surface area contributed by atoms with Gasteiger partial charge >= 0.3 is 0 Å². The number of rotatable bonds is 4. The molecular formula is C16H21NO3S. The number of sulfonamides is 1. The van der Waals surface area contributed by atoms with Crippen molar-refractivity contribution in [3.05, 3.63) is 29.3 Å². The summed E-state index contributed by atoms with van der Waals surface area (Å²) in [5.41, 5.74) is 0.834. The van der Waals surface area contributed by atoms with Crippen LogP contribution in [0.5, 0.6) is 0 Å². The third-order valence-corrected chi connectivity index (χ3v) is 5.60. The van der Waals surface area contributed by atoms with E-state index in [-0.39, 0.29) is 11.5 Å². The zero-order valence-corrected chi connectivity index (χ0v) is 13.4. The van der Waals surface area contributed by atoms with Gasteiger partial charge in [-0.25, -0.2) is 13.1 Å². The predicted molar refractivity (Wildman–Crippen MR) is 82.3 cm³/mol. The van der Waals surface area contributed by atoms with E-state index in [9.17, 15) is 8.42 Å². The van der Waals surface area contributed by atoms with E-state index in [4.69, 9.17) is 5.11 Å². The molecule has 21 heavy (non-hydrogen) atoms. The molecule has 2 rings (SSSR count). The minimum absolute atomic E-state index is 0.247. The second-order valence-electron chi connectivity index (χ2n) is 6.04. The van der Waals surface area contributed by atoms with E-state index in [1.165, 1.54) is 0 Å². The van der Waals surface area contributed by atoms with Crippen molar-refractivity contribution in [3.8, 4) is 11.8 Å². The molecule has 0 unspecified atom stereocenters. The van der Waals surface area contributed by atoms with Crippen LogP contribution in [-0.2, 0) is 10.0 Å². The fourth-order valence-corrected chi connectivity index (χ4v) is 4.14. The molecule has 0 aliphatic heterocycles. The van der Waals surface area contributed by atoms with Crippen LogP contribution >= 0.6 is 0 Å². The summed E-state index contributed by atoms with van der Waals surface area (Å²) in [6, 6.07) is 5.05. The standard InChI is InChI=1S/C16H21NO3S/c1-12-6-7-13(5-4-10-18)11-15(12)21(19,20)17-16(2,3)14-8-9-14/h6-7,11,14,17-18H,8-10H2,1-3H3. The Morgan fingerprint density at radius 2 is 2.05 bits per heavy atom. The van der Waals surface area contributed by atoms with Crippen molar-refractivity contribution in [2.24, 2.45) is 5.92 Å². The van der Waals surface area contributed by atoms with Crippen LogP contribution in [0.25, 0.3) is 0 Å². The Morgan fingerprint density at radius 3 is 2.62 bits per heavy atom. The molecule has 5 heteroatoms. The molecule has 114 valence electrons. The maximum atomic E-state index is 12.6. The first-order chi connectivity index (χ1) is 9.76.